The first kappa shape index (κ1) is 26.7. The van der Waals surface area contributed by atoms with E-state index < -0.39 is 15.4 Å². The Labute approximate surface area is 218 Å². The summed E-state index contributed by atoms with van der Waals surface area (Å²) in [4.78, 5) is 18.0. The third kappa shape index (κ3) is 5.49. The number of halogens is 1. The highest BCUT2D eigenvalue weighted by molar-refractivity contribution is 7.89. The molecule has 0 unspecified atom stereocenters. The summed E-state index contributed by atoms with van der Waals surface area (Å²) >= 11 is 6.10. The predicted molar refractivity (Wildman–Crippen MR) is 140 cm³/mol. The molecule has 2 fully saturated rings. The maximum absolute atomic E-state index is 13.8. The number of hydrogen-bond donors (Lipinski definition) is 1. The van der Waals surface area contributed by atoms with Gasteiger partial charge in [0, 0.05) is 44.9 Å². The number of sulfonamides is 1. The highest BCUT2D eigenvalue weighted by Crippen LogP contribution is 2.43. The molecule has 1 aliphatic carbocycles. The van der Waals surface area contributed by atoms with Gasteiger partial charge in [-0.15, -0.1) is 0 Å². The predicted octanol–water partition coefficient (Wildman–Crippen LogP) is 3.43. The quantitative estimate of drug-likeness (QED) is 0.495. The standard InChI is InChI=1S/C26H34ClN3O5S/c1-34-18-13-28-36(32,33)22-9-10-24(35-2)23(19-22)29-14-16-30(17-15-29)25(31)26(11-3-4-12-26)20-5-7-21(27)8-6-20/h5-10,19,28H,3-4,11-18H2,1-2H3. The second-order valence-electron chi connectivity index (χ2n) is 9.30. The minimum Gasteiger partial charge on any atom is -0.495 e. The van der Waals surface area contributed by atoms with Crippen LogP contribution in [0.1, 0.15) is 31.2 Å². The van der Waals surface area contributed by atoms with Gasteiger partial charge in [-0.3, -0.25) is 4.79 Å². The summed E-state index contributed by atoms with van der Waals surface area (Å²) in [7, 11) is -0.591. The number of piperazine rings is 1. The van der Waals surface area contributed by atoms with Crippen molar-refractivity contribution in [3.8, 4) is 5.75 Å². The Hall–Kier alpha value is -2.33. The number of rotatable bonds is 9. The van der Waals surface area contributed by atoms with Gasteiger partial charge in [0.2, 0.25) is 15.9 Å². The van der Waals surface area contributed by atoms with Crippen LogP contribution in [0.5, 0.6) is 5.75 Å². The smallest absolute Gasteiger partial charge is 0.240 e. The van der Waals surface area contributed by atoms with E-state index in [1.165, 1.54) is 13.2 Å². The molecule has 4 rings (SSSR count). The lowest BCUT2D eigenvalue weighted by atomic mass is 9.77. The number of methoxy groups -OCH3 is 2. The van der Waals surface area contributed by atoms with E-state index >= 15 is 0 Å². The number of benzene rings is 2. The Bertz CT molecular complexity index is 1160. The first-order valence-electron chi connectivity index (χ1n) is 12.3. The maximum atomic E-state index is 13.8. The van der Waals surface area contributed by atoms with Gasteiger partial charge in [0.15, 0.2) is 0 Å². The molecule has 36 heavy (non-hydrogen) atoms. The fourth-order valence-electron chi connectivity index (χ4n) is 5.27. The number of ether oxygens (including phenoxy) is 2. The molecule has 2 aromatic rings. The SMILES string of the molecule is COCCNS(=O)(=O)c1ccc(OC)c(N2CCN(C(=O)C3(c4ccc(Cl)cc4)CCCC3)CC2)c1. The van der Waals surface area contributed by atoms with Gasteiger partial charge in [-0.1, -0.05) is 36.6 Å². The van der Waals surface area contributed by atoms with Crippen LogP contribution in [0.15, 0.2) is 47.4 Å². The van der Waals surface area contributed by atoms with E-state index in [-0.39, 0.29) is 24.0 Å². The van der Waals surface area contributed by atoms with E-state index in [1.807, 2.05) is 29.2 Å². The zero-order chi connectivity index (χ0) is 25.8. The van der Waals surface area contributed by atoms with Crippen molar-refractivity contribution in [2.75, 3.05) is 58.5 Å². The molecular formula is C26H34ClN3O5S. The van der Waals surface area contributed by atoms with Crippen LogP contribution in [0.25, 0.3) is 0 Å². The van der Waals surface area contributed by atoms with Crippen LogP contribution in [0.2, 0.25) is 5.02 Å². The molecule has 1 amide bonds. The van der Waals surface area contributed by atoms with Crippen molar-refractivity contribution >= 4 is 33.2 Å². The van der Waals surface area contributed by atoms with Gasteiger partial charge in [0.05, 0.1) is 29.7 Å². The van der Waals surface area contributed by atoms with Crippen LogP contribution in [-0.2, 0) is 25.0 Å². The summed E-state index contributed by atoms with van der Waals surface area (Å²) in [5, 5.41) is 0.667. The molecule has 1 heterocycles. The van der Waals surface area contributed by atoms with Crippen LogP contribution in [-0.4, -0.2) is 72.8 Å². The van der Waals surface area contributed by atoms with Gasteiger partial charge < -0.3 is 19.3 Å². The topological polar surface area (TPSA) is 88.2 Å². The van der Waals surface area contributed by atoms with Crippen LogP contribution < -0.4 is 14.4 Å². The van der Waals surface area contributed by atoms with Crippen molar-refractivity contribution in [2.24, 2.45) is 0 Å². The second-order valence-corrected chi connectivity index (χ2v) is 11.5. The maximum Gasteiger partial charge on any atom is 0.240 e. The number of anilines is 1. The molecule has 0 bridgehead atoms. The van der Waals surface area contributed by atoms with Crippen molar-refractivity contribution in [3.05, 3.63) is 53.1 Å². The van der Waals surface area contributed by atoms with Crippen LogP contribution in [0.3, 0.4) is 0 Å². The summed E-state index contributed by atoms with van der Waals surface area (Å²) in [6.45, 7) is 2.76. The molecule has 0 aromatic heterocycles. The zero-order valence-electron chi connectivity index (χ0n) is 20.8. The molecule has 0 radical (unpaired) electrons. The number of carbonyl (C=O) groups is 1. The average molecular weight is 536 g/mol. The van der Waals surface area contributed by atoms with E-state index in [9.17, 15) is 13.2 Å². The molecule has 1 saturated carbocycles. The van der Waals surface area contributed by atoms with Crippen LogP contribution in [0, 0.1) is 0 Å². The first-order chi connectivity index (χ1) is 17.3. The molecule has 2 aromatic carbocycles. The molecule has 0 atom stereocenters. The van der Waals surface area contributed by atoms with Gasteiger partial charge in [-0.05, 0) is 48.7 Å². The lowest BCUT2D eigenvalue weighted by Gasteiger charge is -2.41. The Kier molecular flexibility index (Phi) is 8.44. The largest absolute Gasteiger partial charge is 0.495 e. The Morgan fingerprint density at radius 2 is 1.69 bits per heavy atom. The molecule has 196 valence electrons. The number of carbonyl (C=O) groups excluding carboxylic acids is 1. The van der Waals surface area contributed by atoms with Crippen molar-refractivity contribution in [2.45, 2.75) is 36.0 Å². The Balaban J connectivity index is 1.50. The van der Waals surface area contributed by atoms with Gasteiger partial charge in [0.25, 0.3) is 0 Å². The van der Waals surface area contributed by atoms with Gasteiger partial charge in [-0.25, -0.2) is 13.1 Å². The molecule has 0 spiro atoms. The minimum atomic E-state index is -3.68. The molecule has 1 aliphatic heterocycles. The fourth-order valence-corrected chi connectivity index (χ4v) is 6.43. The molecule has 1 N–H and O–H groups in total. The van der Waals surface area contributed by atoms with Gasteiger partial charge in [0.1, 0.15) is 5.75 Å². The van der Waals surface area contributed by atoms with Crippen LogP contribution >= 0.6 is 11.6 Å². The molecular weight excluding hydrogens is 502 g/mol. The van der Waals surface area contributed by atoms with E-state index in [0.717, 1.165) is 31.2 Å². The number of nitrogens with zero attached hydrogens (tertiary/aromatic N) is 2. The minimum absolute atomic E-state index is 0.167. The van der Waals surface area contributed by atoms with Gasteiger partial charge in [-0.2, -0.15) is 0 Å². The Morgan fingerprint density at radius 3 is 2.31 bits per heavy atom. The van der Waals surface area contributed by atoms with Crippen molar-refractivity contribution in [1.29, 1.82) is 0 Å². The first-order valence-corrected chi connectivity index (χ1v) is 14.1. The summed E-state index contributed by atoms with van der Waals surface area (Å²) in [6, 6.07) is 12.5. The molecule has 1 saturated heterocycles. The van der Waals surface area contributed by atoms with Crippen molar-refractivity contribution < 1.29 is 22.7 Å². The number of amides is 1. The summed E-state index contributed by atoms with van der Waals surface area (Å²) in [5.41, 5.74) is 1.25. The number of hydrogen-bond acceptors (Lipinski definition) is 6. The van der Waals surface area contributed by atoms with Crippen molar-refractivity contribution in [1.82, 2.24) is 9.62 Å². The Morgan fingerprint density at radius 1 is 1.03 bits per heavy atom. The third-order valence-corrected chi connectivity index (χ3v) is 8.94. The second kappa shape index (κ2) is 11.4. The highest BCUT2D eigenvalue weighted by Gasteiger charge is 2.45. The van der Waals surface area contributed by atoms with E-state index in [4.69, 9.17) is 21.1 Å². The van der Waals surface area contributed by atoms with E-state index in [2.05, 4.69) is 9.62 Å². The normalized spacial score (nSPS) is 17.9. The summed E-state index contributed by atoms with van der Waals surface area (Å²) in [6.07, 6.45) is 3.76. The number of nitrogens with one attached hydrogen (secondary N) is 1. The zero-order valence-corrected chi connectivity index (χ0v) is 22.4. The highest BCUT2D eigenvalue weighted by atomic mass is 35.5. The average Bonchev–Trinajstić information content (AvgIpc) is 3.39. The van der Waals surface area contributed by atoms with E-state index in [0.29, 0.717) is 42.6 Å². The summed E-state index contributed by atoms with van der Waals surface area (Å²) < 4.78 is 38.5. The molecule has 2 aliphatic rings. The lowest BCUT2D eigenvalue weighted by Crippen LogP contribution is -2.54. The molecule has 8 nitrogen and oxygen atoms in total. The van der Waals surface area contributed by atoms with Crippen LogP contribution in [0.4, 0.5) is 5.69 Å². The molecule has 10 heteroatoms. The van der Waals surface area contributed by atoms with Gasteiger partial charge >= 0.3 is 0 Å². The fraction of sp³-hybridized carbons (Fsp3) is 0.500. The third-order valence-electron chi connectivity index (χ3n) is 7.23. The lowest BCUT2D eigenvalue weighted by molar-refractivity contribution is -0.137. The monoisotopic (exact) mass is 535 g/mol. The van der Waals surface area contributed by atoms with Crippen molar-refractivity contribution in [3.63, 3.8) is 0 Å². The summed E-state index contributed by atoms with van der Waals surface area (Å²) in [5.74, 6) is 0.770. The van der Waals surface area contributed by atoms with E-state index in [1.54, 1.807) is 19.2 Å².